The lowest BCUT2D eigenvalue weighted by Crippen LogP contribution is -2.45. The Morgan fingerprint density at radius 1 is 1.62 bits per heavy atom. The molecule has 1 aliphatic heterocycles. The number of rotatable bonds is 2. The molecule has 76 valence electrons. The van der Waals surface area contributed by atoms with E-state index in [2.05, 4.69) is 19.2 Å². The molecule has 1 amide bonds. The number of nitrogens with zero attached hydrogens (tertiary/aromatic N) is 1. The lowest BCUT2D eigenvalue weighted by Gasteiger charge is -2.23. The number of hydrogen-bond acceptors (Lipinski definition) is 2. The summed E-state index contributed by atoms with van der Waals surface area (Å²) >= 11 is 0. The van der Waals surface area contributed by atoms with Crippen LogP contribution in [0.1, 0.15) is 34.1 Å². The smallest absolute Gasteiger partial charge is 0.243 e. The van der Waals surface area contributed by atoms with Gasteiger partial charge in [-0.25, -0.2) is 0 Å². The molecule has 0 aromatic rings. The van der Waals surface area contributed by atoms with E-state index in [0.717, 1.165) is 6.42 Å². The lowest BCUT2D eigenvalue weighted by molar-refractivity contribution is -0.132. The molecule has 0 spiro atoms. The molecule has 0 aromatic heterocycles. The van der Waals surface area contributed by atoms with Gasteiger partial charge in [0.25, 0.3) is 0 Å². The lowest BCUT2D eigenvalue weighted by atomic mass is 9.99. The van der Waals surface area contributed by atoms with Crippen LogP contribution in [0.4, 0.5) is 0 Å². The molecule has 0 radical (unpaired) electrons. The Morgan fingerprint density at radius 2 is 2.15 bits per heavy atom. The second-order valence-electron chi connectivity index (χ2n) is 4.43. The Bertz CT molecular complexity index is 215. The molecule has 1 aliphatic rings. The first-order valence-electron chi connectivity index (χ1n) is 4.97. The van der Waals surface area contributed by atoms with E-state index >= 15 is 0 Å². The van der Waals surface area contributed by atoms with Crippen LogP contribution in [-0.2, 0) is 4.79 Å². The zero-order valence-corrected chi connectivity index (χ0v) is 9.22. The number of amides is 1. The molecule has 2 atom stereocenters. The average molecular weight is 184 g/mol. The maximum atomic E-state index is 11.8. The summed E-state index contributed by atoms with van der Waals surface area (Å²) in [6.45, 7) is 8.28. The quantitative estimate of drug-likeness (QED) is 0.699. The van der Waals surface area contributed by atoms with Crippen LogP contribution in [-0.4, -0.2) is 29.6 Å². The van der Waals surface area contributed by atoms with Gasteiger partial charge in [0.15, 0.2) is 0 Å². The molecule has 3 nitrogen and oxygen atoms in total. The highest BCUT2D eigenvalue weighted by molar-refractivity contribution is 5.88. The molecule has 0 aliphatic carbocycles. The number of carbonyl (C=O) groups is 1. The average Bonchev–Trinajstić information content (AvgIpc) is 2.31. The van der Waals surface area contributed by atoms with Gasteiger partial charge in [-0.3, -0.25) is 10.1 Å². The maximum absolute atomic E-state index is 11.8. The van der Waals surface area contributed by atoms with Crippen LogP contribution in [0, 0.1) is 5.92 Å². The largest absolute Gasteiger partial charge is 0.328 e. The molecule has 1 saturated heterocycles. The van der Waals surface area contributed by atoms with Crippen molar-refractivity contribution in [2.75, 3.05) is 7.05 Å². The molecule has 0 aromatic carbocycles. The molecular formula is C10H20N2O. The zero-order valence-electron chi connectivity index (χ0n) is 9.22. The highest BCUT2D eigenvalue weighted by Crippen LogP contribution is 2.25. The first-order valence-corrected chi connectivity index (χ1v) is 4.97. The SMILES string of the molecule is CCC1(C)NC(C(C)C)N(C)C1=O. The predicted molar refractivity (Wildman–Crippen MR) is 53.2 cm³/mol. The van der Waals surface area contributed by atoms with E-state index in [4.69, 9.17) is 0 Å². The van der Waals surface area contributed by atoms with Gasteiger partial charge in [0, 0.05) is 7.05 Å². The normalized spacial score (nSPS) is 34.8. The molecule has 0 saturated carbocycles. The fraction of sp³-hybridized carbons (Fsp3) is 0.900. The Morgan fingerprint density at radius 3 is 2.38 bits per heavy atom. The molecular weight excluding hydrogens is 164 g/mol. The molecule has 1 rings (SSSR count). The third-order valence-electron chi connectivity index (χ3n) is 3.01. The van der Waals surface area contributed by atoms with E-state index in [-0.39, 0.29) is 17.6 Å². The van der Waals surface area contributed by atoms with E-state index in [9.17, 15) is 4.79 Å². The number of carbonyl (C=O) groups excluding carboxylic acids is 1. The summed E-state index contributed by atoms with van der Waals surface area (Å²) < 4.78 is 0. The first kappa shape index (κ1) is 10.5. The van der Waals surface area contributed by atoms with Crippen molar-refractivity contribution in [2.45, 2.75) is 45.8 Å². The minimum Gasteiger partial charge on any atom is -0.328 e. The van der Waals surface area contributed by atoms with E-state index < -0.39 is 0 Å². The van der Waals surface area contributed by atoms with Gasteiger partial charge in [-0.1, -0.05) is 20.8 Å². The fourth-order valence-corrected chi connectivity index (χ4v) is 1.87. The van der Waals surface area contributed by atoms with Crippen molar-refractivity contribution in [3.05, 3.63) is 0 Å². The Hall–Kier alpha value is -0.570. The van der Waals surface area contributed by atoms with E-state index in [0.29, 0.717) is 5.92 Å². The summed E-state index contributed by atoms with van der Waals surface area (Å²) in [5, 5.41) is 3.39. The second-order valence-corrected chi connectivity index (χ2v) is 4.43. The summed E-state index contributed by atoms with van der Waals surface area (Å²) in [4.78, 5) is 13.7. The van der Waals surface area contributed by atoms with Crippen molar-refractivity contribution < 1.29 is 4.79 Å². The van der Waals surface area contributed by atoms with Crippen LogP contribution in [0.3, 0.4) is 0 Å². The fourth-order valence-electron chi connectivity index (χ4n) is 1.87. The van der Waals surface area contributed by atoms with Crippen molar-refractivity contribution in [1.82, 2.24) is 10.2 Å². The molecule has 2 unspecified atom stereocenters. The molecule has 13 heavy (non-hydrogen) atoms. The van der Waals surface area contributed by atoms with Crippen LogP contribution >= 0.6 is 0 Å². The maximum Gasteiger partial charge on any atom is 0.243 e. The van der Waals surface area contributed by atoms with Crippen molar-refractivity contribution in [3.63, 3.8) is 0 Å². The van der Waals surface area contributed by atoms with Crippen molar-refractivity contribution >= 4 is 5.91 Å². The highest BCUT2D eigenvalue weighted by Gasteiger charge is 2.45. The minimum atomic E-state index is -0.344. The van der Waals surface area contributed by atoms with Gasteiger partial charge in [-0.15, -0.1) is 0 Å². The third-order valence-corrected chi connectivity index (χ3v) is 3.01. The summed E-state index contributed by atoms with van der Waals surface area (Å²) in [6.07, 6.45) is 1.04. The summed E-state index contributed by atoms with van der Waals surface area (Å²) in [5.74, 6) is 0.677. The van der Waals surface area contributed by atoms with Gasteiger partial charge in [0.05, 0.1) is 11.7 Å². The first-order chi connectivity index (χ1) is 5.92. The van der Waals surface area contributed by atoms with Crippen molar-refractivity contribution in [1.29, 1.82) is 0 Å². The van der Waals surface area contributed by atoms with E-state index in [1.165, 1.54) is 0 Å². The topological polar surface area (TPSA) is 32.3 Å². The molecule has 0 bridgehead atoms. The van der Waals surface area contributed by atoms with Gasteiger partial charge in [-0.2, -0.15) is 0 Å². The third kappa shape index (κ3) is 1.57. The van der Waals surface area contributed by atoms with E-state index in [1.807, 2.05) is 25.8 Å². The Labute approximate surface area is 80.5 Å². The Kier molecular flexibility index (Phi) is 2.66. The van der Waals surface area contributed by atoms with Gasteiger partial charge < -0.3 is 4.90 Å². The summed E-state index contributed by atoms with van der Waals surface area (Å²) in [5.41, 5.74) is -0.344. The van der Waals surface area contributed by atoms with Crippen molar-refractivity contribution in [2.24, 2.45) is 5.92 Å². The highest BCUT2D eigenvalue weighted by atomic mass is 16.2. The van der Waals surface area contributed by atoms with Crippen LogP contribution in [0.5, 0.6) is 0 Å². The summed E-state index contributed by atoms with van der Waals surface area (Å²) in [6, 6.07) is 0. The number of likely N-dealkylation sites (N-methyl/N-ethyl adjacent to an activating group) is 1. The number of nitrogens with one attached hydrogen (secondary N) is 1. The monoisotopic (exact) mass is 184 g/mol. The van der Waals surface area contributed by atoms with Gasteiger partial charge >= 0.3 is 0 Å². The number of hydrogen-bond donors (Lipinski definition) is 1. The second kappa shape index (κ2) is 3.29. The van der Waals surface area contributed by atoms with Crippen LogP contribution in [0.25, 0.3) is 0 Å². The molecule has 1 N–H and O–H groups in total. The molecule has 1 heterocycles. The Balaban J connectivity index is 2.84. The van der Waals surface area contributed by atoms with Crippen LogP contribution in [0.2, 0.25) is 0 Å². The van der Waals surface area contributed by atoms with Gasteiger partial charge in [0.2, 0.25) is 5.91 Å². The zero-order chi connectivity index (χ0) is 10.2. The molecule has 1 fully saturated rings. The minimum absolute atomic E-state index is 0.192. The molecule has 3 heteroatoms. The van der Waals surface area contributed by atoms with E-state index in [1.54, 1.807) is 0 Å². The predicted octanol–water partition coefficient (Wildman–Crippen LogP) is 1.20. The van der Waals surface area contributed by atoms with Crippen LogP contribution in [0.15, 0.2) is 0 Å². The van der Waals surface area contributed by atoms with Gasteiger partial charge in [0.1, 0.15) is 0 Å². The van der Waals surface area contributed by atoms with Gasteiger partial charge in [-0.05, 0) is 19.3 Å². The van der Waals surface area contributed by atoms with Crippen LogP contribution < -0.4 is 5.32 Å². The summed E-state index contributed by atoms with van der Waals surface area (Å²) in [7, 11) is 1.88. The standard InChI is InChI=1S/C10H20N2O/c1-6-10(4)9(13)12(5)8(11-10)7(2)3/h7-8,11H,6H2,1-5H3. The van der Waals surface area contributed by atoms with Crippen molar-refractivity contribution in [3.8, 4) is 0 Å².